The van der Waals surface area contributed by atoms with Gasteiger partial charge in [-0.2, -0.15) is 0 Å². The SMILES string of the molecule is O=C(CCSc1ccccc1)NC1CCC(C(=O)O)C1. The van der Waals surface area contributed by atoms with Gasteiger partial charge in [0.15, 0.2) is 0 Å². The van der Waals surface area contributed by atoms with Gasteiger partial charge < -0.3 is 10.4 Å². The van der Waals surface area contributed by atoms with Crippen LogP contribution in [0.2, 0.25) is 0 Å². The number of carbonyl (C=O) groups is 2. The summed E-state index contributed by atoms with van der Waals surface area (Å²) in [6, 6.07) is 10.0. The average molecular weight is 293 g/mol. The molecule has 0 saturated heterocycles. The van der Waals surface area contributed by atoms with Crippen molar-refractivity contribution in [2.75, 3.05) is 5.75 Å². The van der Waals surface area contributed by atoms with Gasteiger partial charge in [0.2, 0.25) is 5.91 Å². The zero-order valence-corrected chi connectivity index (χ0v) is 12.1. The number of hydrogen-bond donors (Lipinski definition) is 2. The maximum Gasteiger partial charge on any atom is 0.306 e. The summed E-state index contributed by atoms with van der Waals surface area (Å²) in [5.74, 6) is -0.282. The van der Waals surface area contributed by atoms with Crippen LogP contribution in [0.4, 0.5) is 0 Å². The monoisotopic (exact) mass is 293 g/mol. The molecule has 20 heavy (non-hydrogen) atoms. The molecule has 4 nitrogen and oxygen atoms in total. The van der Waals surface area contributed by atoms with Crippen LogP contribution in [0.3, 0.4) is 0 Å². The van der Waals surface area contributed by atoms with Gasteiger partial charge in [-0.05, 0) is 31.4 Å². The van der Waals surface area contributed by atoms with Gasteiger partial charge in [0.05, 0.1) is 5.92 Å². The predicted molar refractivity (Wildman–Crippen MR) is 78.7 cm³/mol. The van der Waals surface area contributed by atoms with Crippen molar-refractivity contribution in [2.24, 2.45) is 5.92 Å². The molecule has 0 radical (unpaired) electrons. The molecular weight excluding hydrogens is 274 g/mol. The van der Waals surface area contributed by atoms with Crippen molar-refractivity contribution in [2.45, 2.75) is 36.6 Å². The third kappa shape index (κ3) is 4.56. The second kappa shape index (κ2) is 7.33. The van der Waals surface area contributed by atoms with E-state index in [1.807, 2.05) is 30.3 Å². The number of carbonyl (C=O) groups excluding carboxylic acids is 1. The highest BCUT2D eigenvalue weighted by molar-refractivity contribution is 7.99. The van der Waals surface area contributed by atoms with Crippen LogP contribution in [-0.2, 0) is 9.59 Å². The second-order valence-electron chi connectivity index (χ2n) is 5.02. The largest absolute Gasteiger partial charge is 0.481 e. The zero-order chi connectivity index (χ0) is 14.4. The molecule has 5 heteroatoms. The lowest BCUT2D eigenvalue weighted by Crippen LogP contribution is -2.33. The molecule has 0 spiro atoms. The Hall–Kier alpha value is -1.49. The first-order chi connectivity index (χ1) is 9.65. The average Bonchev–Trinajstić information content (AvgIpc) is 2.88. The Morgan fingerprint density at radius 2 is 2.00 bits per heavy atom. The molecule has 0 heterocycles. The standard InChI is InChI=1S/C15H19NO3S/c17-14(8-9-20-13-4-2-1-3-5-13)16-12-7-6-11(10-12)15(18)19/h1-5,11-12H,6-10H2,(H,16,17)(H,18,19). The van der Waals surface area contributed by atoms with Crippen molar-refractivity contribution in [3.8, 4) is 0 Å². The molecule has 0 bridgehead atoms. The minimum Gasteiger partial charge on any atom is -0.481 e. The van der Waals surface area contributed by atoms with Crippen LogP contribution in [0.1, 0.15) is 25.7 Å². The summed E-state index contributed by atoms with van der Waals surface area (Å²) in [7, 11) is 0. The molecule has 2 N–H and O–H groups in total. The first-order valence-corrected chi connectivity index (χ1v) is 7.83. The molecule has 1 aliphatic carbocycles. The molecule has 2 atom stereocenters. The molecule has 108 valence electrons. The van der Waals surface area contributed by atoms with Crippen LogP contribution < -0.4 is 5.32 Å². The fourth-order valence-corrected chi connectivity index (χ4v) is 3.29. The van der Waals surface area contributed by atoms with E-state index in [-0.39, 0.29) is 17.9 Å². The Balaban J connectivity index is 1.65. The quantitative estimate of drug-likeness (QED) is 0.791. The number of amides is 1. The van der Waals surface area contributed by atoms with E-state index in [1.54, 1.807) is 11.8 Å². The van der Waals surface area contributed by atoms with Crippen LogP contribution in [0, 0.1) is 5.92 Å². The van der Waals surface area contributed by atoms with E-state index in [0.29, 0.717) is 19.3 Å². The predicted octanol–water partition coefficient (Wildman–Crippen LogP) is 2.54. The molecule has 1 aromatic rings. The van der Waals surface area contributed by atoms with Gasteiger partial charge in [0.1, 0.15) is 0 Å². The van der Waals surface area contributed by atoms with E-state index in [2.05, 4.69) is 5.32 Å². The summed E-state index contributed by atoms with van der Waals surface area (Å²) in [6.07, 6.45) is 2.47. The van der Waals surface area contributed by atoms with E-state index < -0.39 is 5.97 Å². The highest BCUT2D eigenvalue weighted by Gasteiger charge is 2.30. The molecule has 2 rings (SSSR count). The number of carboxylic acid groups (broad SMARTS) is 1. The number of hydrogen-bond acceptors (Lipinski definition) is 3. The van der Waals surface area contributed by atoms with Crippen LogP contribution in [-0.4, -0.2) is 28.8 Å². The summed E-state index contributed by atoms with van der Waals surface area (Å²) in [5, 5.41) is 11.9. The first-order valence-electron chi connectivity index (χ1n) is 6.85. The summed E-state index contributed by atoms with van der Waals surface area (Å²) >= 11 is 1.66. The highest BCUT2D eigenvalue weighted by Crippen LogP contribution is 2.25. The van der Waals surface area contributed by atoms with E-state index >= 15 is 0 Å². The normalized spacial score (nSPS) is 21.6. The van der Waals surface area contributed by atoms with Gasteiger partial charge in [-0.15, -0.1) is 11.8 Å². The van der Waals surface area contributed by atoms with E-state index in [4.69, 9.17) is 5.11 Å². The number of carboxylic acids is 1. The maximum atomic E-state index is 11.8. The Bertz CT molecular complexity index is 463. The molecular formula is C15H19NO3S. The number of benzene rings is 1. The number of nitrogens with one attached hydrogen (secondary N) is 1. The fourth-order valence-electron chi connectivity index (χ4n) is 2.42. The van der Waals surface area contributed by atoms with Gasteiger partial charge in [-0.1, -0.05) is 18.2 Å². The van der Waals surface area contributed by atoms with Gasteiger partial charge in [-0.3, -0.25) is 9.59 Å². The van der Waals surface area contributed by atoms with Crippen LogP contribution in [0.15, 0.2) is 35.2 Å². The molecule has 1 fully saturated rings. The molecule has 1 saturated carbocycles. The minimum atomic E-state index is -0.749. The fraction of sp³-hybridized carbons (Fsp3) is 0.467. The minimum absolute atomic E-state index is 0.0180. The van der Waals surface area contributed by atoms with E-state index in [0.717, 1.165) is 17.1 Å². The lowest BCUT2D eigenvalue weighted by atomic mass is 10.1. The molecule has 1 amide bonds. The van der Waals surface area contributed by atoms with Crippen molar-refractivity contribution in [3.05, 3.63) is 30.3 Å². The number of rotatable bonds is 6. The smallest absolute Gasteiger partial charge is 0.306 e. The Labute approximate surface area is 123 Å². The van der Waals surface area contributed by atoms with Crippen molar-refractivity contribution in [1.82, 2.24) is 5.32 Å². The van der Waals surface area contributed by atoms with Gasteiger partial charge in [0.25, 0.3) is 0 Å². The Morgan fingerprint density at radius 1 is 1.25 bits per heavy atom. The van der Waals surface area contributed by atoms with E-state index in [9.17, 15) is 9.59 Å². The third-order valence-corrected chi connectivity index (χ3v) is 4.50. The van der Waals surface area contributed by atoms with Crippen LogP contribution in [0.25, 0.3) is 0 Å². The lowest BCUT2D eigenvalue weighted by Gasteiger charge is -2.12. The van der Waals surface area contributed by atoms with Crippen LogP contribution >= 0.6 is 11.8 Å². The van der Waals surface area contributed by atoms with Crippen molar-refractivity contribution < 1.29 is 14.7 Å². The Morgan fingerprint density at radius 3 is 2.65 bits per heavy atom. The van der Waals surface area contributed by atoms with E-state index in [1.165, 1.54) is 0 Å². The van der Waals surface area contributed by atoms with Gasteiger partial charge >= 0.3 is 5.97 Å². The zero-order valence-electron chi connectivity index (χ0n) is 11.2. The summed E-state index contributed by atoms with van der Waals surface area (Å²) in [4.78, 5) is 23.8. The summed E-state index contributed by atoms with van der Waals surface area (Å²) < 4.78 is 0. The molecule has 0 aromatic heterocycles. The lowest BCUT2D eigenvalue weighted by molar-refractivity contribution is -0.141. The molecule has 0 aliphatic heterocycles. The maximum absolute atomic E-state index is 11.8. The van der Waals surface area contributed by atoms with Crippen molar-refractivity contribution in [3.63, 3.8) is 0 Å². The summed E-state index contributed by atoms with van der Waals surface area (Å²) in [6.45, 7) is 0. The second-order valence-corrected chi connectivity index (χ2v) is 6.19. The van der Waals surface area contributed by atoms with Crippen molar-refractivity contribution >= 4 is 23.6 Å². The molecule has 2 unspecified atom stereocenters. The Kier molecular flexibility index (Phi) is 5.47. The first kappa shape index (κ1) is 14.9. The number of thioether (sulfide) groups is 1. The van der Waals surface area contributed by atoms with Crippen LogP contribution in [0.5, 0.6) is 0 Å². The van der Waals surface area contributed by atoms with Gasteiger partial charge in [-0.25, -0.2) is 0 Å². The summed E-state index contributed by atoms with van der Waals surface area (Å²) in [5.41, 5.74) is 0. The number of aliphatic carboxylic acids is 1. The topological polar surface area (TPSA) is 66.4 Å². The molecule has 1 aliphatic rings. The van der Waals surface area contributed by atoms with Crippen molar-refractivity contribution in [1.29, 1.82) is 0 Å². The third-order valence-electron chi connectivity index (χ3n) is 3.49. The highest BCUT2D eigenvalue weighted by atomic mass is 32.2. The molecule has 1 aromatic carbocycles. The van der Waals surface area contributed by atoms with Gasteiger partial charge in [0, 0.05) is 23.1 Å².